The third kappa shape index (κ3) is 8.62. The molecule has 1 aromatic heterocycles. The Morgan fingerprint density at radius 2 is 1.84 bits per heavy atom. The van der Waals surface area contributed by atoms with E-state index >= 15 is 0 Å². The molecule has 1 heterocycles. The molecule has 2 amide bonds. The molecule has 11 heteroatoms. The van der Waals surface area contributed by atoms with E-state index in [0.717, 1.165) is 11.3 Å². The first kappa shape index (κ1) is 33.2. The van der Waals surface area contributed by atoms with Crippen LogP contribution in [0, 0.1) is 17.8 Å². The number of aromatic nitrogens is 1. The summed E-state index contributed by atoms with van der Waals surface area (Å²) in [6.45, 7) is 14.9. The van der Waals surface area contributed by atoms with Gasteiger partial charge in [0.1, 0.15) is 5.01 Å². The van der Waals surface area contributed by atoms with Crippen molar-refractivity contribution in [2.75, 3.05) is 27.7 Å². The number of aromatic carboxylic acids is 1. The molecule has 4 atom stereocenters. The molecule has 0 aromatic carbocycles. The lowest BCUT2D eigenvalue weighted by Crippen LogP contribution is -2.54. The standard InChI is InChI=1S/C27H44N4O6S/c1-11-18(12-2)19(14-28-26(36)27(6,7)30(8)9)24(33)31(10)21(16(3)4)13-22(37-17(5)32)23-29-20(15-38-23)25(34)35/h11,15-16,18-19,21-22H,1,12-14H2,2-10H3,(H,28,36)(H,34,35)/t18-,19-,21+,22+/m0/s1. The zero-order valence-electron chi connectivity index (χ0n) is 24.1. The van der Waals surface area contributed by atoms with Crippen LogP contribution >= 0.6 is 11.3 Å². The van der Waals surface area contributed by atoms with E-state index in [0.29, 0.717) is 11.4 Å². The molecule has 1 rings (SSSR count). The highest BCUT2D eigenvalue weighted by Crippen LogP contribution is 2.31. The number of hydrogen-bond acceptors (Lipinski definition) is 8. The highest BCUT2D eigenvalue weighted by Gasteiger charge is 2.37. The van der Waals surface area contributed by atoms with E-state index < -0.39 is 29.5 Å². The number of carbonyl (C=O) groups is 4. The summed E-state index contributed by atoms with van der Waals surface area (Å²) < 4.78 is 5.53. The first-order valence-electron chi connectivity index (χ1n) is 12.8. The van der Waals surface area contributed by atoms with Crippen molar-refractivity contribution in [2.45, 2.75) is 72.1 Å². The van der Waals surface area contributed by atoms with Gasteiger partial charge >= 0.3 is 11.9 Å². The Labute approximate surface area is 230 Å². The minimum absolute atomic E-state index is 0.0207. The van der Waals surface area contributed by atoms with Crippen molar-refractivity contribution >= 4 is 35.1 Å². The summed E-state index contributed by atoms with van der Waals surface area (Å²) >= 11 is 1.10. The maximum atomic E-state index is 13.9. The van der Waals surface area contributed by atoms with Crippen molar-refractivity contribution < 1.29 is 29.0 Å². The molecule has 0 unspecified atom stereocenters. The van der Waals surface area contributed by atoms with Crippen LogP contribution in [0.4, 0.5) is 0 Å². The van der Waals surface area contributed by atoms with Crippen LogP contribution in [0.1, 0.15) is 76.0 Å². The minimum Gasteiger partial charge on any atom is -0.476 e. The lowest BCUT2D eigenvalue weighted by atomic mass is 9.87. The van der Waals surface area contributed by atoms with Crippen LogP contribution in [0.5, 0.6) is 0 Å². The van der Waals surface area contributed by atoms with Gasteiger partial charge in [-0.25, -0.2) is 9.78 Å². The van der Waals surface area contributed by atoms with Crippen molar-refractivity contribution in [3.8, 4) is 0 Å². The van der Waals surface area contributed by atoms with Crippen molar-refractivity contribution in [2.24, 2.45) is 17.8 Å². The number of esters is 1. The monoisotopic (exact) mass is 552 g/mol. The lowest BCUT2D eigenvalue weighted by Gasteiger charge is -2.37. The third-order valence-electron chi connectivity index (χ3n) is 7.16. The lowest BCUT2D eigenvalue weighted by molar-refractivity contribution is -0.149. The van der Waals surface area contributed by atoms with Gasteiger partial charge in [0.2, 0.25) is 11.8 Å². The first-order valence-corrected chi connectivity index (χ1v) is 13.7. The molecule has 0 radical (unpaired) electrons. The zero-order valence-corrected chi connectivity index (χ0v) is 24.9. The number of carboxylic acid groups (broad SMARTS) is 1. The van der Waals surface area contributed by atoms with Crippen LogP contribution in [0.25, 0.3) is 0 Å². The predicted octanol–water partition coefficient (Wildman–Crippen LogP) is 3.60. The van der Waals surface area contributed by atoms with E-state index in [2.05, 4.69) is 16.9 Å². The molecule has 0 saturated carbocycles. The Morgan fingerprint density at radius 1 is 1.24 bits per heavy atom. The summed E-state index contributed by atoms with van der Waals surface area (Å²) in [7, 11) is 5.35. The number of thiazole rings is 1. The maximum absolute atomic E-state index is 13.9. The van der Waals surface area contributed by atoms with Gasteiger partial charge in [-0.3, -0.25) is 19.3 Å². The number of likely N-dealkylation sites (N-methyl/N-ethyl adjacent to an activating group) is 1. The van der Waals surface area contributed by atoms with Gasteiger partial charge in [0.25, 0.3) is 0 Å². The van der Waals surface area contributed by atoms with Crippen molar-refractivity contribution in [1.29, 1.82) is 0 Å². The molecular weight excluding hydrogens is 508 g/mol. The molecule has 2 N–H and O–H groups in total. The van der Waals surface area contributed by atoms with Gasteiger partial charge in [-0.2, -0.15) is 0 Å². The van der Waals surface area contributed by atoms with E-state index in [9.17, 15) is 24.3 Å². The predicted molar refractivity (Wildman–Crippen MR) is 148 cm³/mol. The number of ether oxygens (including phenoxy) is 1. The molecule has 10 nitrogen and oxygen atoms in total. The number of nitrogens with one attached hydrogen (secondary N) is 1. The summed E-state index contributed by atoms with van der Waals surface area (Å²) in [5.74, 6) is -2.77. The maximum Gasteiger partial charge on any atom is 0.355 e. The van der Waals surface area contributed by atoms with Crippen molar-refractivity contribution in [3.63, 3.8) is 0 Å². The molecule has 0 aliphatic heterocycles. The summed E-state index contributed by atoms with van der Waals surface area (Å²) in [6.07, 6.45) is 1.84. The number of hydrogen-bond donors (Lipinski definition) is 2. The average Bonchev–Trinajstić information content (AvgIpc) is 3.33. The fourth-order valence-electron chi connectivity index (χ4n) is 4.11. The number of carboxylic acids is 1. The molecule has 0 aliphatic carbocycles. The minimum atomic E-state index is -1.17. The Kier molecular flexibility index (Phi) is 12.6. The number of rotatable bonds is 15. The van der Waals surface area contributed by atoms with Crippen LogP contribution in [0.3, 0.4) is 0 Å². The van der Waals surface area contributed by atoms with Gasteiger partial charge in [-0.15, -0.1) is 17.9 Å². The quantitative estimate of drug-likeness (QED) is 0.249. The van der Waals surface area contributed by atoms with Crippen molar-refractivity contribution in [1.82, 2.24) is 20.1 Å². The summed E-state index contributed by atoms with van der Waals surface area (Å²) in [5, 5.41) is 14.0. The van der Waals surface area contributed by atoms with Crippen molar-refractivity contribution in [3.05, 3.63) is 28.7 Å². The van der Waals surface area contributed by atoms with Gasteiger partial charge in [-0.1, -0.05) is 26.8 Å². The number of nitrogens with zero attached hydrogens (tertiary/aromatic N) is 3. The molecule has 0 aliphatic rings. The zero-order chi connectivity index (χ0) is 29.4. The number of amides is 2. The van der Waals surface area contributed by atoms with Gasteiger partial charge in [0, 0.05) is 38.4 Å². The number of allylic oxidation sites excluding steroid dienone is 1. The van der Waals surface area contributed by atoms with E-state index in [1.54, 1.807) is 18.0 Å². The third-order valence-corrected chi connectivity index (χ3v) is 8.10. The van der Waals surface area contributed by atoms with E-state index in [-0.39, 0.29) is 48.4 Å². The van der Waals surface area contributed by atoms with Crippen LogP contribution in [-0.2, 0) is 19.1 Å². The molecule has 38 heavy (non-hydrogen) atoms. The molecule has 0 fully saturated rings. The second-order valence-corrected chi connectivity index (χ2v) is 11.4. The highest BCUT2D eigenvalue weighted by molar-refractivity contribution is 7.09. The fraction of sp³-hybridized carbons (Fsp3) is 0.667. The fourth-order valence-corrected chi connectivity index (χ4v) is 4.95. The first-order chi connectivity index (χ1) is 17.6. The molecule has 1 aromatic rings. The molecule has 0 spiro atoms. The Hall–Kier alpha value is -2.79. The summed E-state index contributed by atoms with van der Waals surface area (Å²) in [4.78, 5) is 57.6. The van der Waals surface area contributed by atoms with E-state index in [1.807, 2.05) is 53.6 Å². The topological polar surface area (TPSA) is 129 Å². The SMILES string of the molecule is C=C[C@@H](CC)[C@H](CNC(=O)C(C)(C)N(C)C)C(=O)N(C)[C@H](C[C@@H](OC(C)=O)c1nc(C(=O)O)cs1)C(C)C. The van der Waals surface area contributed by atoms with Crippen LogP contribution < -0.4 is 5.32 Å². The molecule has 0 saturated heterocycles. The Balaban J connectivity index is 3.26. The Morgan fingerprint density at radius 3 is 2.26 bits per heavy atom. The smallest absolute Gasteiger partial charge is 0.355 e. The highest BCUT2D eigenvalue weighted by atomic mass is 32.1. The van der Waals surface area contributed by atoms with Gasteiger partial charge in [0.15, 0.2) is 11.8 Å². The van der Waals surface area contributed by atoms with E-state index in [1.165, 1.54) is 12.3 Å². The molecular formula is C27H44N4O6S. The van der Waals surface area contributed by atoms with Gasteiger partial charge in [0.05, 0.1) is 11.5 Å². The average molecular weight is 553 g/mol. The largest absolute Gasteiger partial charge is 0.476 e. The van der Waals surface area contributed by atoms with E-state index in [4.69, 9.17) is 4.74 Å². The van der Waals surface area contributed by atoms with Crippen LogP contribution in [0.2, 0.25) is 0 Å². The Bertz CT molecular complexity index is 990. The second-order valence-electron chi connectivity index (χ2n) is 10.5. The number of carbonyl (C=O) groups excluding carboxylic acids is 3. The van der Waals surface area contributed by atoms with Gasteiger partial charge in [-0.05, 0) is 46.2 Å². The van der Waals surface area contributed by atoms with Crippen LogP contribution in [-0.4, -0.2) is 82.9 Å². The second kappa shape index (κ2) is 14.4. The normalized spacial score (nSPS) is 14.9. The summed E-state index contributed by atoms with van der Waals surface area (Å²) in [6, 6.07) is -0.359. The molecule has 214 valence electrons. The summed E-state index contributed by atoms with van der Waals surface area (Å²) in [5.41, 5.74) is -0.879. The molecule has 0 bridgehead atoms. The van der Waals surface area contributed by atoms with Crippen LogP contribution in [0.15, 0.2) is 18.0 Å². The van der Waals surface area contributed by atoms with Gasteiger partial charge < -0.3 is 20.1 Å².